The number of nitrogens with two attached hydrogens (primary N) is 1. The molecule has 2 N–H and O–H groups in total. The fraction of sp³-hybridized carbons (Fsp3) is 0. The van der Waals surface area contributed by atoms with Crippen LogP contribution in [-0.2, 0) is 0 Å². The molecule has 1 rings (SSSR count). The quantitative estimate of drug-likeness (QED) is 0.835. The molecule has 0 amide bonds. The Hall–Kier alpha value is 0.0900. The van der Waals surface area contributed by atoms with E-state index in [0.29, 0.717) is 10.3 Å². The van der Waals surface area contributed by atoms with Crippen molar-refractivity contribution in [2.24, 2.45) is 0 Å². The van der Waals surface area contributed by atoms with E-state index in [2.05, 4.69) is 15.0 Å². The highest BCUT2D eigenvalue weighted by atomic mass is 35.7. The summed E-state index contributed by atoms with van der Waals surface area (Å²) in [4.78, 5) is 11.3. The Kier molecular flexibility index (Phi) is 3.50. The standard InChI is InChI=1S/C3H2Cl2N4S2/c4-10-2-7-1(6)8-3(9-2)11-5/h(H2,6,7,8,9). The zero-order valence-electron chi connectivity index (χ0n) is 4.99. The average molecular weight is 229 g/mol. The molecule has 0 unspecified atom stereocenters. The SMILES string of the molecule is Nc1nc(SCl)nc(SCl)n1. The Bertz CT molecular complexity index is 235. The molecule has 60 valence electrons. The molecule has 0 aliphatic carbocycles. The Balaban J connectivity index is 3.02. The smallest absolute Gasteiger partial charge is 0.225 e. The lowest BCUT2D eigenvalue weighted by atomic mass is 11.0. The van der Waals surface area contributed by atoms with E-state index in [0.717, 1.165) is 22.0 Å². The van der Waals surface area contributed by atoms with Gasteiger partial charge in [-0.25, -0.2) is 0 Å². The summed E-state index contributed by atoms with van der Waals surface area (Å²) in [7, 11) is 12.5. The lowest BCUT2D eigenvalue weighted by molar-refractivity contribution is 0.819. The van der Waals surface area contributed by atoms with Crippen molar-refractivity contribution in [1.29, 1.82) is 0 Å². The highest BCUT2D eigenvalue weighted by Crippen LogP contribution is 2.22. The zero-order valence-corrected chi connectivity index (χ0v) is 8.14. The number of rotatable bonds is 2. The second kappa shape index (κ2) is 4.20. The molecular formula is C3H2Cl2N4S2. The first-order valence-electron chi connectivity index (χ1n) is 2.35. The van der Waals surface area contributed by atoms with E-state index in [-0.39, 0.29) is 5.95 Å². The summed E-state index contributed by atoms with van der Waals surface area (Å²) < 4.78 is 0. The number of halogens is 2. The van der Waals surface area contributed by atoms with Gasteiger partial charge in [0.25, 0.3) is 0 Å². The van der Waals surface area contributed by atoms with Gasteiger partial charge < -0.3 is 5.73 Å². The molecule has 0 aliphatic rings. The molecule has 0 aromatic carbocycles. The van der Waals surface area contributed by atoms with Gasteiger partial charge in [0.2, 0.25) is 16.3 Å². The monoisotopic (exact) mass is 228 g/mol. The third-order valence-corrected chi connectivity index (χ3v) is 2.22. The van der Waals surface area contributed by atoms with Gasteiger partial charge in [-0.2, -0.15) is 15.0 Å². The summed E-state index contributed by atoms with van der Waals surface area (Å²) >= 11 is 0. The van der Waals surface area contributed by atoms with Crippen molar-refractivity contribution >= 4 is 49.3 Å². The molecule has 1 heterocycles. The van der Waals surface area contributed by atoms with E-state index < -0.39 is 0 Å². The van der Waals surface area contributed by atoms with Gasteiger partial charge in [-0.3, -0.25) is 0 Å². The van der Waals surface area contributed by atoms with Crippen LogP contribution >= 0.6 is 43.3 Å². The van der Waals surface area contributed by atoms with Crippen LogP contribution in [0.5, 0.6) is 0 Å². The average Bonchev–Trinajstić information content (AvgIpc) is 2.03. The van der Waals surface area contributed by atoms with Crippen molar-refractivity contribution < 1.29 is 0 Å². The van der Waals surface area contributed by atoms with Crippen molar-refractivity contribution in [3.8, 4) is 0 Å². The number of anilines is 1. The van der Waals surface area contributed by atoms with Gasteiger partial charge in [0.15, 0.2) is 0 Å². The van der Waals surface area contributed by atoms with E-state index in [1.165, 1.54) is 0 Å². The van der Waals surface area contributed by atoms with Crippen LogP contribution in [0.15, 0.2) is 10.3 Å². The molecule has 0 bridgehead atoms. The van der Waals surface area contributed by atoms with Gasteiger partial charge in [0, 0.05) is 22.0 Å². The number of hydrogen-bond acceptors (Lipinski definition) is 6. The normalized spacial score (nSPS) is 10.0. The minimum atomic E-state index is 0.117. The molecule has 4 nitrogen and oxygen atoms in total. The summed E-state index contributed by atoms with van der Waals surface area (Å²) in [6, 6.07) is 0. The maximum atomic E-state index is 5.38. The summed E-state index contributed by atoms with van der Waals surface area (Å²) in [5.74, 6) is 0.117. The molecule has 11 heavy (non-hydrogen) atoms. The first kappa shape index (κ1) is 9.18. The van der Waals surface area contributed by atoms with Crippen molar-refractivity contribution in [3.05, 3.63) is 0 Å². The fourth-order valence-electron chi connectivity index (χ4n) is 0.422. The molecule has 0 saturated heterocycles. The lowest BCUT2D eigenvalue weighted by Gasteiger charge is -1.96. The topological polar surface area (TPSA) is 64.7 Å². The zero-order chi connectivity index (χ0) is 8.27. The van der Waals surface area contributed by atoms with Gasteiger partial charge in [-0.05, 0) is 21.4 Å². The molecule has 0 radical (unpaired) electrons. The highest BCUT2D eigenvalue weighted by Gasteiger charge is 2.02. The summed E-state index contributed by atoms with van der Waals surface area (Å²) in [5, 5.41) is 0.699. The maximum Gasteiger partial charge on any atom is 0.225 e. The number of nitrogen functional groups attached to an aromatic ring is 1. The largest absolute Gasteiger partial charge is 0.368 e. The van der Waals surface area contributed by atoms with Crippen molar-refractivity contribution in [1.82, 2.24) is 15.0 Å². The minimum Gasteiger partial charge on any atom is -0.368 e. The van der Waals surface area contributed by atoms with E-state index in [4.69, 9.17) is 27.1 Å². The Morgan fingerprint density at radius 2 is 1.45 bits per heavy atom. The number of hydrogen-bond donors (Lipinski definition) is 1. The Morgan fingerprint density at radius 1 is 1.00 bits per heavy atom. The van der Waals surface area contributed by atoms with Crippen LogP contribution in [0.1, 0.15) is 0 Å². The summed E-state index contributed by atoms with van der Waals surface area (Å²) in [6.07, 6.45) is 0. The van der Waals surface area contributed by atoms with Crippen LogP contribution in [0.4, 0.5) is 5.95 Å². The molecule has 1 aromatic heterocycles. The van der Waals surface area contributed by atoms with Crippen LogP contribution in [0.3, 0.4) is 0 Å². The fourth-order valence-corrected chi connectivity index (χ4v) is 1.39. The molecular weight excluding hydrogens is 227 g/mol. The van der Waals surface area contributed by atoms with Gasteiger partial charge in [0.1, 0.15) is 0 Å². The third kappa shape index (κ3) is 2.55. The second-order valence-electron chi connectivity index (χ2n) is 1.41. The van der Waals surface area contributed by atoms with E-state index in [1.54, 1.807) is 0 Å². The number of aromatic nitrogens is 3. The Labute approximate surface area is 80.3 Å². The summed E-state index contributed by atoms with van der Waals surface area (Å²) in [6.45, 7) is 0. The first-order chi connectivity index (χ1) is 5.26. The molecule has 8 heteroatoms. The molecule has 1 aromatic rings. The Morgan fingerprint density at radius 3 is 1.82 bits per heavy atom. The van der Waals surface area contributed by atoms with E-state index in [9.17, 15) is 0 Å². The molecule has 0 fully saturated rings. The molecule has 0 aliphatic heterocycles. The molecule has 0 spiro atoms. The van der Waals surface area contributed by atoms with Crippen molar-refractivity contribution in [3.63, 3.8) is 0 Å². The molecule has 0 atom stereocenters. The highest BCUT2D eigenvalue weighted by molar-refractivity contribution is 8.21. The van der Waals surface area contributed by atoms with Gasteiger partial charge in [-0.15, -0.1) is 0 Å². The predicted octanol–water partition coefficient (Wildman–Crippen LogP) is 1.95. The third-order valence-electron chi connectivity index (χ3n) is 0.750. The first-order valence-corrected chi connectivity index (χ1v) is 5.63. The van der Waals surface area contributed by atoms with Crippen LogP contribution < -0.4 is 5.73 Å². The van der Waals surface area contributed by atoms with E-state index >= 15 is 0 Å². The van der Waals surface area contributed by atoms with Crippen LogP contribution in [0.2, 0.25) is 0 Å². The van der Waals surface area contributed by atoms with Crippen molar-refractivity contribution in [2.45, 2.75) is 10.3 Å². The van der Waals surface area contributed by atoms with Gasteiger partial charge >= 0.3 is 0 Å². The second-order valence-corrected chi connectivity index (χ2v) is 3.38. The molecule has 0 saturated carbocycles. The lowest BCUT2D eigenvalue weighted by Crippen LogP contribution is -1.99. The minimum absolute atomic E-state index is 0.117. The van der Waals surface area contributed by atoms with E-state index in [1.807, 2.05) is 0 Å². The van der Waals surface area contributed by atoms with Gasteiger partial charge in [-0.1, -0.05) is 0 Å². The van der Waals surface area contributed by atoms with Crippen LogP contribution in [0, 0.1) is 0 Å². The van der Waals surface area contributed by atoms with Crippen LogP contribution in [-0.4, -0.2) is 15.0 Å². The predicted molar refractivity (Wildman–Crippen MR) is 47.7 cm³/mol. The summed E-state index contributed by atoms with van der Waals surface area (Å²) in [5.41, 5.74) is 5.30. The number of nitrogens with zero attached hydrogens (tertiary/aromatic N) is 3. The van der Waals surface area contributed by atoms with Gasteiger partial charge in [0.05, 0.1) is 0 Å². The van der Waals surface area contributed by atoms with Crippen molar-refractivity contribution in [2.75, 3.05) is 5.73 Å². The van der Waals surface area contributed by atoms with Crippen LogP contribution in [0.25, 0.3) is 0 Å². The maximum absolute atomic E-state index is 5.38.